The number of nitrogens with zero attached hydrogens (tertiary/aromatic N) is 2. The van der Waals surface area contributed by atoms with E-state index in [2.05, 4.69) is 35.2 Å². The molecule has 26 heavy (non-hydrogen) atoms. The number of carbonyl (C=O) groups excluding carboxylic acids is 1. The molecule has 3 heterocycles. The maximum Gasteiger partial charge on any atom is 0.258 e. The van der Waals surface area contributed by atoms with Gasteiger partial charge in [-0.1, -0.05) is 18.2 Å². The number of para-hydroxylation sites is 1. The minimum atomic E-state index is 0.0956. The average molecular weight is 350 g/mol. The highest BCUT2D eigenvalue weighted by atomic mass is 16.5. The summed E-state index contributed by atoms with van der Waals surface area (Å²) in [4.78, 5) is 17.6. The molecular weight excluding hydrogens is 328 g/mol. The number of hydrogen-bond donors (Lipinski definition) is 0. The molecule has 1 fully saturated rings. The molecule has 0 atom stereocenters. The largest absolute Gasteiger partial charge is 0.493 e. The summed E-state index contributed by atoms with van der Waals surface area (Å²) in [7, 11) is 0. The van der Waals surface area contributed by atoms with E-state index < -0.39 is 0 Å². The molecule has 5 heteroatoms. The van der Waals surface area contributed by atoms with Crippen molar-refractivity contribution in [1.82, 2.24) is 4.90 Å². The Hall–Kier alpha value is -2.69. The lowest BCUT2D eigenvalue weighted by atomic mass is 9.98. The summed E-state index contributed by atoms with van der Waals surface area (Å²) < 4.78 is 11.6. The van der Waals surface area contributed by atoms with Gasteiger partial charge in [0.2, 0.25) is 0 Å². The summed E-state index contributed by atoms with van der Waals surface area (Å²) in [6, 6.07) is 12.5. The Morgan fingerprint density at radius 1 is 0.923 bits per heavy atom. The summed E-state index contributed by atoms with van der Waals surface area (Å²) in [6.45, 7) is 4.47. The molecular formula is C21H22N2O3. The molecule has 0 N–H and O–H groups in total. The second-order valence-corrected chi connectivity index (χ2v) is 7.03. The van der Waals surface area contributed by atoms with E-state index in [-0.39, 0.29) is 5.91 Å². The van der Waals surface area contributed by atoms with Crippen molar-refractivity contribution in [2.75, 3.05) is 44.3 Å². The van der Waals surface area contributed by atoms with Crippen LogP contribution in [0.1, 0.15) is 21.5 Å². The SMILES string of the molecule is O=C(c1c2c(cc3c1OCC3)OCC2)N1CCN(c2ccccc2)CC1. The predicted octanol–water partition coefficient (Wildman–Crippen LogP) is 2.52. The first-order valence-corrected chi connectivity index (χ1v) is 9.35. The number of amides is 1. The van der Waals surface area contributed by atoms with Gasteiger partial charge in [-0.05, 0) is 18.2 Å². The number of benzene rings is 2. The molecule has 0 unspecified atom stereocenters. The number of piperazine rings is 1. The third-order valence-corrected chi connectivity index (χ3v) is 5.55. The van der Waals surface area contributed by atoms with Crippen LogP contribution in [0, 0.1) is 0 Å². The summed E-state index contributed by atoms with van der Waals surface area (Å²) in [5.41, 5.74) is 4.11. The molecule has 5 rings (SSSR count). The zero-order valence-corrected chi connectivity index (χ0v) is 14.7. The van der Waals surface area contributed by atoms with Crippen LogP contribution in [0.4, 0.5) is 5.69 Å². The molecule has 3 aliphatic heterocycles. The fraction of sp³-hybridized carbons (Fsp3) is 0.381. The van der Waals surface area contributed by atoms with Crippen molar-refractivity contribution >= 4 is 11.6 Å². The van der Waals surface area contributed by atoms with Crippen LogP contribution >= 0.6 is 0 Å². The first-order chi connectivity index (χ1) is 12.8. The molecule has 1 saturated heterocycles. The Kier molecular flexibility index (Phi) is 3.73. The van der Waals surface area contributed by atoms with E-state index in [1.807, 2.05) is 11.0 Å². The van der Waals surface area contributed by atoms with E-state index in [0.29, 0.717) is 13.2 Å². The number of rotatable bonds is 2. The summed E-state index contributed by atoms with van der Waals surface area (Å²) in [5, 5.41) is 0. The minimum Gasteiger partial charge on any atom is -0.493 e. The van der Waals surface area contributed by atoms with Crippen molar-refractivity contribution < 1.29 is 14.3 Å². The third-order valence-electron chi connectivity index (χ3n) is 5.55. The van der Waals surface area contributed by atoms with Crippen molar-refractivity contribution in [3.05, 3.63) is 53.1 Å². The highest BCUT2D eigenvalue weighted by molar-refractivity contribution is 6.00. The summed E-state index contributed by atoms with van der Waals surface area (Å²) in [5.74, 6) is 1.77. The van der Waals surface area contributed by atoms with Gasteiger partial charge in [-0.3, -0.25) is 4.79 Å². The van der Waals surface area contributed by atoms with Crippen LogP contribution < -0.4 is 14.4 Å². The van der Waals surface area contributed by atoms with E-state index in [1.165, 1.54) is 5.69 Å². The molecule has 1 amide bonds. The zero-order chi connectivity index (χ0) is 17.5. The normalized spacial score (nSPS) is 18.2. The molecule has 134 valence electrons. The van der Waals surface area contributed by atoms with Crippen LogP contribution in [0.2, 0.25) is 0 Å². The molecule has 0 radical (unpaired) electrons. The van der Waals surface area contributed by atoms with Gasteiger partial charge < -0.3 is 19.3 Å². The molecule has 0 saturated carbocycles. The fourth-order valence-electron chi connectivity index (χ4n) is 4.18. The molecule has 0 bridgehead atoms. The van der Waals surface area contributed by atoms with Crippen LogP contribution in [-0.2, 0) is 12.8 Å². The lowest BCUT2D eigenvalue weighted by Crippen LogP contribution is -2.49. The minimum absolute atomic E-state index is 0.0956. The topological polar surface area (TPSA) is 42.0 Å². The number of fused-ring (bicyclic) bond motifs is 2. The van der Waals surface area contributed by atoms with Gasteiger partial charge in [0.15, 0.2) is 0 Å². The Morgan fingerprint density at radius 2 is 1.69 bits per heavy atom. The van der Waals surface area contributed by atoms with Crippen LogP contribution in [0.5, 0.6) is 11.5 Å². The quantitative estimate of drug-likeness (QED) is 0.835. The Morgan fingerprint density at radius 3 is 2.50 bits per heavy atom. The number of ether oxygens (including phenoxy) is 2. The summed E-state index contributed by atoms with van der Waals surface area (Å²) >= 11 is 0. The number of hydrogen-bond acceptors (Lipinski definition) is 4. The van der Waals surface area contributed by atoms with E-state index in [0.717, 1.165) is 67.2 Å². The van der Waals surface area contributed by atoms with Crippen LogP contribution in [-0.4, -0.2) is 50.2 Å². The van der Waals surface area contributed by atoms with Crippen molar-refractivity contribution in [3.63, 3.8) is 0 Å². The molecule has 2 aromatic rings. The maximum atomic E-state index is 13.3. The van der Waals surface area contributed by atoms with Crippen LogP contribution in [0.3, 0.4) is 0 Å². The van der Waals surface area contributed by atoms with E-state index in [9.17, 15) is 4.79 Å². The highest BCUT2D eigenvalue weighted by Gasteiger charge is 2.33. The smallest absolute Gasteiger partial charge is 0.258 e. The zero-order valence-electron chi connectivity index (χ0n) is 14.7. The molecule has 0 aliphatic carbocycles. The Labute approximate surface area is 153 Å². The summed E-state index contributed by atoms with van der Waals surface area (Å²) in [6.07, 6.45) is 1.64. The molecule has 2 aromatic carbocycles. The monoisotopic (exact) mass is 350 g/mol. The van der Waals surface area contributed by atoms with Gasteiger partial charge in [-0.25, -0.2) is 0 Å². The number of carbonyl (C=O) groups is 1. The lowest BCUT2D eigenvalue weighted by Gasteiger charge is -2.36. The van der Waals surface area contributed by atoms with Crippen molar-refractivity contribution in [3.8, 4) is 11.5 Å². The first-order valence-electron chi connectivity index (χ1n) is 9.35. The third kappa shape index (κ3) is 2.50. The van der Waals surface area contributed by atoms with Gasteiger partial charge in [0.1, 0.15) is 11.5 Å². The second kappa shape index (κ2) is 6.24. The first kappa shape index (κ1) is 15.6. The van der Waals surface area contributed by atoms with Crippen molar-refractivity contribution in [1.29, 1.82) is 0 Å². The van der Waals surface area contributed by atoms with Crippen molar-refractivity contribution in [2.24, 2.45) is 0 Å². The van der Waals surface area contributed by atoms with Crippen molar-refractivity contribution in [2.45, 2.75) is 12.8 Å². The Bertz CT molecular complexity index is 810. The maximum absolute atomic E-state index is 13.3. The van der Waals surface area contributed by atoms with E-state index in [4.69, 9.17) is 9.47 Å². The number of anilines is 1. The standard InChI is InChI=1S/C21H22N2O3/c24-21(23-10-8-22(9-11-23)16-4-2-1-3-5-16)19-17-7-13-25-18(17)14-15-6-12-26-20(15)19/h1-5,14H,6-13H2. The van der Waals surface area contributed by atoms with Gasteiger partial charge in [0.25, 0.3) is 5.91 Å². The average Bonchev–Trinajstić information content (AvgIpc) is 3.35. The van der Waals surface area contributed by atoms with E-state index in [1.54, 1.807) is 0 Å². The lowest BCUT2D eigenvalue weighted by molar-refractivity contribution is 0.0742. The molecule has 0 spiro atoms. The van der Waals surface area contributed by atoms with E-state index >= 15 is 0 Å². The predicted molar refractivity (Wildman–Crippen MR) is 99.4 cm³/mol. The molecule has 5 nitrogen and oxygen atoms in total. The molecule has 0 aromatic heterocycles. The van der Waals surface area contributed by atoms with Crippen LogP contribution in [0.15, 0.2) is 36.4 Å². The second-order valence-electron chi connectivity index (χ2n) is 7.03. The fourth-order valence-corrected chi connectivity index (χ4v) is 4.18. The highest BCUT2D eigenvalue weighted by Crippen LogP contribution is 2.41. The van der Waals surface area contributed by atoms with Gasteiger partial charge in [-0.2, -0.15) is 0 Å². The van der Waals surface area contributed by atoms with Gasteiger partial charge in [-0.15, -0.1) is 0 Å². The van der Waals surface area contributed by atoms with Gasteiger partial charge >= 0.3 is 0 Å². The Balaban J connectivity index is 1.39. The van der Waals surface area contributed by atoms with Gasteiger partial charge in [0.05, 0.1) is 18.8 Å². The van der Waals surface area contributed by atoms with Gasteiger partial charge in [0, 0.05) is 55.8 Å². The molecule has 3 aliphatic rings. The van der Waals surface area contributed by atoms with Crippen LogP contribution in [0.25, 0.3) is 0 Å².